The largest absolute Gasteiger partial charge is 0.460 e. The van der Waals surface area contributed by atoms with Gasteiger partial charge in [-0.1, -0.05) is 0 Å². The van der Waals surface area contributed by atoms with Crippen molar-refractivity contribution in [1.29, 1.82) is 0 Å². The highest BCUT2D eigenvalue weighted by molar-refractivity contribution is 5.84. The van der Waals surface area contributed by atoms with E-state index in [0.717, 1.165) is 0 Å². The van der Waals surface area contributed by atoms with E-state index in [-0.39, 0.29) is 6.42 Å². The zero-order chi connectivity index (χ0) is 15.3. The maximum atomic E-state index is 11.8. The van der Waals surface area contributed by atoms with E-state index in [4.69, 9.17) is 9.47 Å². The molecule has 1 atom stereocenters. The van der Waals surface area contributed by atoms with Crippen LogP contribution < -0.4 is 5.32 Å². The molecule has 19 heavy (non-hydrogen) atoms. The fourth-order valence-corrected chi connectivity index (χ4v) is 1.22. The normalized spacial score (nSPS) is 13.4. The van der Waals surface area contributed by atoms with Crippen LogP contribution in [0.25, 0.3) is 0 Å². The van der Waals surface area contributed by atoms with Crippen LogP contribution in [0.15, 0.2) is 0 Å². The van der Waals surface area contributed by atoms with Crippen LogP contribution >= 0.6 is 0 Å². The van der Waals surface area contributed by atoms with Gasteiger partial charge in [0.2, 0.25) is 6.41 Å². The number of hydrogen-bond donors (Lipinski definition) is 1. The third kappa shape index (κ3) is 9.04. The predicted molar refractivity (Wildman–Crippen MR) is 69.3 cm³/mol. The highest BCUT2D eigenvalue weighted by Crippen LogP contribution is 2.12. The highest BCUT2D eigenvalue weighted by atomic mass is 16.6. The molecule has 0 aliphatic rings. The Morgan fingerprint density at radius 1 is 1.05 bits per heavy atom. The van der Waals surface area contributed by atoms with Crippen molar-refractivity contribution in [1.82, 2.24) is 5.32 Å². The predicted octanol–water partition coefficient (Wildman–Crippen LogP) is 1.17. The Labute approximate surface area is 113 Å². The number of esters is 2. The number of carbonyl (C=O) groups is 3. The summed E-state index contributed by atoms with van der Waals surface area (Å²) in [4.78, 5) is 33.9. The zero-order valence-corrected chi connectivity index (χ0v) is 12.4. The topological polar surface area (TPSA) is 81.7 Å². The lowest BCUT2D eigenvalue weighted by Gasteiger charge is -2.24. The standard InChI is InChI=1S/C13H23NO5/c1-12(2,3)18-10(16)7-9(14-8-15)11(17)19-13(4,5)6/h8-9H,7H2,1-6H3,(H,14,15)/t9-/m0/s1. The first-order chi connectivity index (χ1) is 8.44. The monoisotopic (exact) mass is 273 g/mol. The summed E-state index contributed by atoms with van der Waals surface area (Å²) >= 11 is 0. The second kappa shape index (κ2) is 6.54. The lowest BCUT2D eigenvalue weighted by Crippen LogP contribution is -2.43. The molecule has 1 amide bonds. The first-order valence-corrected chi connectivity index (χ1v) is 6.09. The van der Waals surface area contributed by atoms with Gasteiger partial charge in [0.05, 0.1) is 6.42 Å². The van der Waals surface area contributed by atoms with E-state index in [1.165, 1.54) is 0 Å². The minimum absolute atomic E-state index is 0.259. The van der Waals surface area contributed by atoms with E-state index >= 15 is 0 Å². The molecule has 0 fully saturated rings. The summed E-state index contributed by atoms with van der Waals surface area (Å²) < 4.78 is 10.2. The van der Waals surface area contributed by atoms with Crippen LogP contribution in [-0.2, 0) is 23.9 Å². The van der Waals surface area contributed by atoms with Crippen molar-refractivity contribution in [3.05, 3.63) is 0 Å². The van der Waals surface area contributed by atoms with E-state index < -0.39 is 29.2 Å². The molecular weight excluding hydrogens is 250 g/mol. The molecule has 0 unspecified atom stereocenters. The number of ether oxygens (including phenoxy) is 2. The second-order valence-electron chi connectivity index (χ2n) is 6.16. The molecule has 0 saturated carbocycles. The molecule has 0 aromatic rings. The summed E-state index contributed by atoms with van der Waals surface area (Å²) in [7, 11) is 0. The molecule has 0 rings (SSSR count). The molecule has 0 spiro atoms. The van der Waals surface area contributed by atoms with Crippen molar-refractivity contribution in [2.24, 2.45) is 0 Å². The van der Waals surface area contributed by atoms with Crippen molar-refractivity contribution in [3.63, 3.8) is 0 Å². The summed E-state index contributed by atoms with van der Waals surface area (Å²) in [5.41, 5.74) is -1.33. The van der Waals surface area contributed by atoms with E-state index in [1.807, 2.05) is 0 Å². The van der Waals surface area contributed by atoms with Crippen LogP contribution in [0, 0.1) is 0 Å². The Morgan fingerprint density at radius 3 is 1.89 bits per heavy atom. The number of nitrogens with one attached hydrogen (secondary N) is 1. The Bertz CT molecular complexity index is 338. The van der Waals surface area contributed by atoms with Crippen molar-refractivity contribution in [3.8, 4) is 0 Å². The van der Waals surface area contributed by atoms with Gasteiger partial charge >= 0.3 is 11.9 Å². The first-order valence-electron chi connectivity index (χ1n) is 6.09. The molecule has 0 aromatic carbocycles. The fourth-order valence-electron chi connectivity index (χ4n) is 1.22. The van der Waals surface area contributed by atoms with Crippen molar-refractivity contribution in [2.75, 3.05) is 0 Å². The average Bonchev–Trinajstić information content (AvgIpc) is 2.10. The van der Waals surface area contributed by atoms with Gasteiger partial charge in [-0.15, -0.1) is 0 Å². The summed E-state index contributed by atoms with van der Waals surface area (Å²) in [5, 5.41) is 2.27. The highest BCUT2D eigenvalue weighted by Gasteiger charge is 2.29. The smallest absolute Gasteiger partial charge is 0.329 e. The van der Waals surface area contributed by atoms with Crippen LogP contribution in [0.4, 0.5) is 0 Å². The molecule has 6 nitrogen and oxygen atoms in total. The van der Waals surface area contributed by atoms with E-state index in [0.29, 0.717) is 6.41 Å². The molecule has 0 bridgehead atoms. The quantitative estimate of drug-likeness (QED) is 0.600. The van der Waals surface area contributed by atoms with E-state index in [1.54, 1.807) is 41.5 Å². The number of rotatable bonds is 5. The van der Waals surface area contributed by atoms with Gasteiger partial charge in [-0.05, 0) is 41.5 Å². The van der Waals surface area contributed by atoms with Crippen LogP contribution in [0.3, 0.4) is 0 Å². The molecule has 0 aromatic heterocycles. The third-order valence-corrected chi connectivity index (χ3v) is 1.75. The van der Waals surface area contributed by atoms with Crippen LogP contribution in [-0.4, -0.2) is 35.6 Å². The minimum atomic E-state index is -1.04. The fraction of sp³-hybridized carbons (Fsp3) is 0.769. The molecule has 0 saturated heterocycles. The molecule has 1 N–H and O–H groups in total. The van der Waals surface area contributed by atoms with E-state index in [2.05, 4.69) is 5.32 Å². The van der Waals surface area contributed by atoms with Gasteiger partial charge in [0, 0.05) is 0 Å². The third-order valence-electron chi connectivity index (χ3n) is 1.75. The van der Waals surface area contributed by atoms with Crippen LogP contribution in [0.2, 0.25) is 0 Å². The molecule has 110 valence electrons. The first kappa shape index (κ1) is 17.4. The molecule has 6 heteroatoms. The second-order valence-corrected chi connectivity index (χ2v) is 6.16. The van der Waals surface area contributed by atoms with Crippen LogP contribution in [0.1, 0.15) is 48.0 Å². The van der Waals surface area contributed by atoms with Gasteiger partial charge in [-0.25, -0.2) is 4.79 Å². The summed E-state index contributed by atoms with van der Waals surface area (Å²) in [6, 6.07) is -1.04. The Balaban J connectivity index is 4.61. The summed E-state index contributed by atoms with van der Waals surface area (Å²) in [5.74, 6) is -1.23. The molecule has 0 aliphatic carbocycles. The Hall–Kier alpha value is -1.59. The van der Waals surface area contributed by atoms with Crippen molar-refractivity contribution >= 4 is 18.3 Å². The SMILES string of the molecule is CC(C)(C)OC(=O)C[C@H](NC=O)C(=O)OC(C)(C)C. The van der Waals surface area contributed by atoms with Gasteiger partial charge in [0.25, 0.3) is 0 Å². The number of carbonyl (C=O) groups excluding carboxylic acids is 3. The van der Waals surface area contributed by atoms with Gasteiger partial charge in [-0.2, -0.15) is 0 Å². The summed E-state index contributed by atoms with van der Waals surface area (Å²) in [6.07, 6.45) is 0.101. The molecular formula is C13H23NO5. The van der Waals surface area contributed by atoms with Crippen LogP contribution in [0.5, 0.6) is 0 Å². The number of amides is 1. The van der Waals surface area contributed by atoms with Gasteiger partial charge in [0.15, 0.2) is 0 Å². The van der Waals surface area contributed by atoms with Gasteiger partial charge < -0.3 is 14.8 Å². The zero-order valence-electron chi connectivity index (χ0n) is 12.4. The van der Waals surface area contributed by atoms with E-state index in [9.17, 15) is 14.4 Å². The Kier molecular flexibility index (Phi) is 5.99. The summed E-state index contributed by atoms with van der Waals surface area (Å²) in [6.45, 7) is 10.3. The number of hydrogen-bond acceptors (Lipinski definition) is 5. The molecule has 0 aliphatic heterocycles. The Morgan fingerprint density at radius 2 is 1.53 bits per heavy atom. The van der Waals surface area contributed by atoms with Crippen molar-refractivity contribution < 1.29 is 23.9 Å². The maximum absolute atomic E-state index is 11.8. The minimum Gasteiger partial charge on any atom is -0.460 e. The van der Waals surface area contributed by atoms with Gasteiger partial charge in [-0.3, -0.25) is 9.59 Å². The molecule has 0 radical (unpaired) electrons. The average molecular weight is 273 g/mol. The lowest BCUT2D eigenvalue weighted by molar-refractivity contribution is -0.164. The lowest BCUT2D eigenvalue weighted by atomic mass is 10.1. The maximum Gasteiger partial charge on any atom is 0.329 e. The van der Waals surface area contributed by atoms with Gasteiger partial charge in [0.1, 0.15) is 17.2 Å². The van der Waals surface area contributed by atoms with Crippen molar-refractivity contribution in [2.45, 2.75) is 65.2 Å². The molecule has 0 heterocycles.